The van der Waals surface area contributed by atoms with E-state index in [0.717, 1.165) is 29.5 Å². The van der Waals surface area contributed by atoms with E-state index in [4.69, 9.17) is 5.73 Å². The van der Waals surface area contributed by atoms with Crippen LogP contribution < -0.4 is 21.7 Å². The van der Waals surface area contributed by atoms with E-state index >= 15 is 0 Å². The van der Waals surface area contributed by atoms with Gasteiger partial charge in [0, 0.05) is 71.9 Å². The molecule has 0 aliphatic carbocycles. The van der Waals surface area contributed by atoms with Gasteiger partial charge in [0.05, 0.1) is 32.2 Å². The lowest BCUT2D eigenvalue weighted by Crippen LogP contribution is -2.53. The van der Waals surface area contributed by atoms with E-state index in [1.54, 1.807) is 19.6 Å². The minimum absolute atomic E-state index is 0.148. The number of hydrogen-bond acceptors (Lipinski definition) is 11. The highest BCUT2D eigenvalue weighted by Crippen LogP contribution is 2.20. The summed E-state index contributed by atoms with van der Waals surface area (Å²) in [7, 11) is 0. The summed E-state index contributed by atoms with van der Waals surface area (Å²) < 4.78 is 0. The summed E-state index contributed by atoms with van der Waals surface area (Å²) in [6.45, 7) is 6.05. The average molecular weight is 825 g/mol. The van der Waals surface area contributed by atoms with Crippen LogP contribution in [0.25, 0.3) is 11.1 Å². The molecule has 0 saturated carbocycles. The summed E-state index contributed by atoms with van der Waals surface area (Å²) in [5.74, 6) is -3.69. The van der Waals surface area contributed by atoms with Crippen LogP contribution in [0.4, 0.5) is 0 Å². The van der Waals surface area contributed by atoms with Crippen molar-refractivity contribution < 1.29 is 44.1 Å². The van der Waals surface area contributed by atoms with Gasteiger partial charge in [0.2, 0.25) is 17.7 Å². The molecule has 1 aliphatic rings. The zero-order valence-electron chi connectivity index (χ0n) is 34.5. The molecule has 0 unspecified atom stereocenters. The maximum absolute atomic E-state index is 13.8. The number of nitrogens with zero attached hydrogens (tertiary/aromatic N) is 4. The highest BCUT2D eigenvalue weighted by atomic mass is 16.4. The Kier molecular flexibility index (Phi) is 21.5. The van der Waals surface area contributed by atoms with Gasteiger partial charge in [0.25, 0.3) is 0 Å². The van der Waals surface area contributed by atoms with Gasteiger partial charge in [0.15, 0.2) is 0 Å². The van der Waals surface area contributed by atoms with Gasteiger partial charge in [-0.3, -0.25) is 48.4 Å². The number of nitrogens with one attached hydrogen (secondary N) is 3. The number of carboxylic acid groups (broad SMARTS) is 3. The molecule has 2 aromatic rings. The first-order valence-electron chi connectivity index (χ1n) is 20.5. The first kappa shape index (κ1) is 48.4. The number of carbonyl (C=O) groups is 6. The molecule has 0 radical (unpaired) electrons. The lowest BCUT2D eigenvalue weighted by molar-refractivity contribution is -0.140. The van der Waals surface area contributed by atoms with Crippen molar-refractivity contribution in [1.82, 2.24) is 35.6 Å². The summed E-state index contributed by atoms with van der Waals surface area (Å²) in [5, 5.41) is 37.2. The molecule has 3 rings (SSSR count). The number of rotatable bonds is 22. The van der Waals surface area contributed by atoms with Crippen LogP contribution in [0, 0.1) is 5.92 Å². The molecule has 8 N–H and O–H groups in total. The maximum Gasteiger partial charge on any atom is 0.317 e. The SMILES string of the molecule is CC(C)CCCNC(=O)[C@H](N)CCCNC(=O)[C@@H](Cc1ccc(-c2ccccc2)cc1)NC(=O)CN1CCN(CC(=O)O)CCN(CC(=O)O)CCN(CC(=O)O)CC1. The van der Waals surface area contributed by atoms with Gasteiger partial charge < -0.3 is 37.0 Å². The molecule has 17 heteroatoms. The first-order chi connectivity index (χ1) is 28.2. The Bertz CT molecular complexity index is 1600. The van der Waals surface area contributed by atoms with Crippen LogP contribution in [0.2, 0.25) is 0 Å². The Morgan fingerprint density at radius 3 is 1.47 bits per heavy atom. The van der Waals surface area contributed by atoms with E-state index in [9.17, 15) is 44.1 Å². The molecule has 17 nitrogen and oxygen atoms in total. The van der Waals surface area contributed by atoms with Crippen LogP contribution in [-0.4, -0.2) is 174 Å². The van der Waals surface area contributed by atoms with Gasteiger partial charge in [0.1, 0.15) is 6.04 Å². The van der Waals surface area contributed by atoms with Gasteiger partial charge in [-0.1, -0.05) is 68.4 Å². The highest BCUT2D eigenvalue weighted by Gasteiger charge is 2.25. The lowest BCUT2D eigenvalue weighted by Gasteiger charge is -2.33. The minimum Gasteiger partial charge on any atom is -0.480 e. The lowest BCUT2D eigenvalue weighted by atomic mass is 10.00. The topological polar surface area (TPSA) is 238 Å². The number of carbonyl (C=O) groups excluding carboxylic acids is 3. The molecule has 1 fully saturated rings. The molecular formula is C42H64N8O9. The van der Waals surface area contributed by atoms with Crippen molar-refractivity contribution >= 4 is 35.6 Å². The quantitative estimate of drug-likeness (QED) is 0.0808. The first-order valence-corrected chi connectivity index (χ1v) is 20.5. The summed E-state index contributed by atoms with van der Waals surface area (Å²) in [6, 6.07) is 15.9. The second-order valence-corrected chi connectivity index (χ2v) is 15.5. The van der Waals surface area contributed by atoms with Gasteiger partial charge in [-0.2, -0.15) is 0 Å². The summed E-state index contributed by atoms with van der Waals surface area (Å²) >= 11 is 0. The molecule has 59 heavy (non-hydrogen) atoms. The Balaban J connectivity index is 1.72. The van der Waals surface area contributed by atoms with Crippen LogP contribution in [0.5, 0.6) is 0 Å². The van der Waals surface area contributed by atoms with E-state index in [-0.39, 0.29) is 97.4 Å². The third-order valence-corrected chi connectivity index (χ3v) is 10.1. The molecule has 1 heterocycles. The minimum atomic E-state index is -1.05. The number of amides is 3. The van der Waals surface area contributed by atoms with Crippen LogP contribution in [0.15, 0.2) is 54.6 Å². The normalized spacial score (nSPS) is 16.3. The molecule has 2 aromatic carbocycles. The summed E-state index contributed by atoms with van der Waals surface area (Å²) in [5.41, 5.74) is 8.97. The fourth-order valence-corrected chi connectivity index (χ4v) is 6.78. The van der Waals surface area contributed by atoms with E-state index < -0.39 is 41.8 Å². The average Bonchev–Trinajstić information content (AvgIpc) is 3.18. The van der Waals surface area contributed by atoms with Gasteiger partial charge >= 0.3 is 17.9 Å². The molecule has 0 aromatic heterocycles. The summed E-state index contributed by atoms with van der Waals surface area (Å²) in [6.07, 6.45) is 2.87. The molecular weight excluding hydrogens is 761 g/mol. The molecule has 0 spiro atoms. The van der Waals surface area contributed by atoms with Gasteiger partial charge in [-0.15, -0.1) is 0 Å². The Morgan fingerprint density at radius 2 is 1.02 bits per heavy atom. The Morgan fingerprint density at radius 1 is 0.593 bits per heavy atom. The fraction of sp³-hybridized carbons (Fsp3) is 0.571. The monoisotopic (exact) mass is 824 g/mol. The molecule has 2 atom stereocenters. The standard InChI is InChI=1S/C42H64N8O9/c1-31(2)8-6-16-44-41(58)35(43)11-7-17-45-42(59)36(26-32-12-14-34(15-13-32)33-9-4-3-5-10-33)46-37(51)27-47-18-20-48(28-38(52)53)22-24-50(30-40(56)57)25-23-49(21-19-47)29-39(54)55/h3-5,9-10,12-15,31,35-36H,6-8,11,16-30,43H2,1-2H3,(H,44,58)(H,45,59)(H,46,51)(H,52,53)(H,54,55)(H,56,57)/t35-,36-/m1/s1. The second-order valence-electron chi connectivity index (χ2n) is 15.5. The molecule has 1 saturated heterocycles. The largest absolute Gasteiger partial charge is 0.480 e. The van der Waals surface area contributed by atoms with Crippen LogP contribution in [0.1, 0.15) is 45.1 Å². The smallest absolute Gasteiger partial charge is 0.317 e. The third-order valence-electron chi connectivity index (χ3n) is 10.1. The van der Waals surface area contributed by atoms with Crippen LogP contribution in [-0.2, 0) is 35.2 Å². The molecule has 326 valence electrons. The van der Waals surface area contributed by atoms with Crippen molar-refractivity contribution in [3.63, 3.8) is 0 Å². The van der Waals surface area contributed by atoms with Crippen LogP contribution in [0.3, 0.4) is 0 Å². The number of aliphatic carboxylic acids is 3. The van der Waals surface area contributed by atoms with E-state index in [2.05, 4.69) is 29.8 Å². The maximum atomic E-state index is 13.8. The number of carboxylic acids is 3. The third kappa shape index (κ3) is 20.1. The predicted molar refractivity (Wildman–Crippen MR) is 223 cm³/mol. The van der Waals surface area contributed by atoms with Crippen molar-refractivity contribution in [1.29, 1.82) is 0 Å². The zero-order chi connectivity index (χ0) is 43.2. The molecule has 0 bridgehead atoms. The van der Waals surface area contributed by atoms with E-state index in [0.29, 0.717) is 25.3 Å². The van der Waals surface area contributed by atoms with Crippen molar-refractivity contribution in [2.24, 2.45) is 11.7 Å². The van der Waals surface area contributed by atoms with Gasteiger partial charge in [-0.25, -0.2) is 0 Å². The molecule has 1 aliphatic heterocycles. The molecule has 3 amide bonds. The summed E-state index contributed by atoms with van der Waals surface area (Å²) in [4.78, 5) is 81.7. The van der Waals surface area contributed by atoms with Crippen molar-refractivity contribution in [3.05, 3.63) is 60.2 Å². The van der Waals surface area contributed by atoms with E-state index in [1.165, 1.54) is 0 Å². The van der Waals surface area contributed by atoms with Crippen molar-refractivity contribution in [3.8, 4) is 11.1 Å². The second kappa shape index (κ2) is 26.2. The Hall–Kier alpha value is -4.94. The fourth-order valence-electron chi connectivity index (χ4n) is 6.78. The Labute approximate surface area is 347 Å². The number of benzene rings is 2. The number of hydrogen-bond donors (Lipinski definition) is 7. The van der Waals surface area contributed by atoms with Crippen molar-refractivity contribution in [2.75, 3.05) is 91.6 Å². The van der Waals surface area contributed by atoms with E-state index in [1.807, 2.05) is 54.6 Å². The predicted octanol–water partition coefficient (Wildman–Crippen LogP) is 0.632. The van der Waals surface area contributed by atoms with Crippen LogP contribution >= 0.6 is 0 Å². The van der Waals surface area contributed by atoms with Crippen molar-refractivity contribution in [2.45, 2.75) is 58.0 Å². The number of nitrogens with two attached hydrogens (primary N) is 1. The highest BCUT2D eigenvalue weighted by molar-refractivity contribution is 5.88. The van der Waals surface area contributed by atoms with Gasteiger partial charge in [-0.05, 0) is 48.3 Å². The zero-order valence-corrected chi connectivity index (χ0v) is 34.5.